The number of halogens is 1. The molecular weight excluding hydrogens is 336 g/mol. The van der Waals surface area contributed by atoms with Crippen LogP contribution < -0.4 is 10.5 Å². The topological polar surface area (TPSA) is 72.2 Å². The van der Waals surface area contributed by atoms with Gasteiger partial charge in [-0.2, -0.15) is 0 Å². The van der Waals surface area contributed by atoms with Crippen LogP contribution >= 0.6 is 34.3 Å². The van der Waals surface area contributed by atoms with Crippen molar-refractivity contribution in [2.45, 2.75) is 12.5 Å². The fraction of sp³-hybridized carbons (Fsp3) is 0.333. The van der Waals surface area contributed by atoms with E-state index in [1.165, 1.54) is 16.2 Å². The van der Waals surface area contributed by atoms with E-state index in [0.29, 0.717) is 13.0 Å². The van der Waals surface area contributed by atoms with Gasteiger partial charge in [0.15, 0.2) is 0 Å². The normalized spacial score (nSPS) is 13.5. The summed E-state index contributed by atoms with van der Waals surface area (Å²) in [7, 11) is -3.39. The molecule has 110 valence electrons. The molecule has 0 radical (unpaired) electrons. The molecule has 2 rings (SSSR count). The SMILES string of the molecule is NS(=O)(=O)CCCNC(c1cccs1)c1ccc(Cl)s1. The van der Waals surface area contributed by atoms with Crippen molar-refractivity contribution in [1.29, 1.82) is 0 Å². The number of primary sulfonamides is 1. The molecule has 0 bridgehead atoms. The summed E-state index contributed by atoms with van der Waals surface area (Å²) in [6.07, 6.45) is 0.486. The van der Waals surface area contributed by atoms with Crippen LogP contribution in [-0.4, -0.2) is 20.7 Å². The van der Waals surface area contributed by atoms with Crippen LogP contribution in [0.25, 0.3) is 0 Å². The Hall–Kier alpha value is -0.440. The Balaban J connectivity index is 2.01. The molecule has 0 saturated carbocycles. The van der Waals surface area contributed by atoms with E-state index in [1.807, 2.05) is 23.6 Å². The number of nitrogens with two attached hydrogens (primary N) is 1. The maximum Gasteiger partial charge on any atom is 0.209 e. The number of hydrogen-bond donors (Lipinski definition) is 2. The average molecular weight is 351 g/mol. The van der Waals surface area contributed by atoms with Gasteiger partial charge in [0.2, 0.25) is 10.0 Å². The highest BCUT2D eigenvalue weighted by Crippen LogP contribution is 2.32. The van der Waals surface area contributed by atoms with Crippen molar-refractivity contribution in [3.63, 3.8) is 0 Å². The van der Waals surface area contributed by atoms with Crippen molar-refractivity contribution in [2.24, 2.45) is 5.14 Å². The van der Waals surface area contributed by atoms with Crippen molar-refractivity contribution in [1.82, 2.24) is 5.32 Å². The third kappa shape index (κ3) is 4.83. The first-order valence-electron chi connectivity index (χ1n) is 5.98. The van der Waals surface area contributed by atoms with Crippen LogP contribution in [0.5, 0.6) is 0 Å². The molecule has 1 atom stereocenters. The molecule has 0 saturated heterocycles. The van der Waals surface area contributed by atoms with Crippen molar-refractivity contribution < 1.29 is 8.42 Å². The predicted octanol–water partition coefficient (Wildman–Crippen LogP) is 2.82. The van der Waals surface area contributed by atoms with Gasteiger partial charge in [0.25, 0.3) is 0 Å². The Kier molecular flexibility index (Phi) is 5.59. The fourth-order valence-corrected chi connectivity index (χ4v) is 4.39. The van der Waals surface area contributed by atoms with Crippen molar-refractivity contribution in [3.05, 3.63) is 43.7 Å². The molecule has 0 aliphatic heterocycles. The highest BCUT2D eigenvalue weighted by molar-refractivity contribution is 7.89. The van der Waals surface area contributed by atoms with Gasteiger partial charge in [-0.3, -0.25) is 0 Å². The summed E-state index contributed by atoms with van der Waals surface area (Å²) in [5.74, 6) is -0.0116. The fourth-order valence-electron chi connectivity index (χ4n) is 1.80. The molecule has 0 aliphatic carbocycles. The number of rotatable bonds is 7. The molecule has 0 aromatic carbocycles. The van der Waals surface area contributed by atoms with Gasteiger partial charge in [0.05, 0.1) is 16.1 Å². The summed E-state index contributed by atoms with van der Waals surface area (Å²) in [6.45, 7) is 0.578. The standard InChI is InChI=1S/C12H15ClN2O2S3/c13-11-5-4-10(19-11)12(9-3-1-7-18-9)15-6-2-8-20(14,16)17/h1,3-5,7,12,15H,2,6,8H2,(H2,14,16,17). The minimum absolute atomic E-state index is 0.0116. The molecule has 2 aromatic heterocycles. The molecule has 0 fully saturated rings. The molecule has 0 amide bonds. The first kappa shape index (κ1) is 15.9. The molecule has 4 nitrogen and oxygen atoms in total. The largest absolute Gasteiger partial charge is 0.305 e. The minimum atomic E-state index is -3.39. The summed E-state index contributed by atoms with van der Waals surface area (Å²) in [5, 5.41) is 10.4. The molecular formula is C12H15ClN2O2S3. The Bertz CT molecular complexity index is 637. The molecule has 0 aliphatic rings. The molecule has 3 N–H and O–H groups in total. The Morgan fingerprint density at radius 3 is 2.65 bits per heavy atom. The van der Waals surface area contributed by atoms with E-state index in [0.717, 1.165) is 9.21 Å². The summed E-state index contributed by atoms with van der Waals surface area (Å²) in [4.78, 5) is 2.30. The van der Waals surface area contributed by atoms with Gasteiger partial charge in [-0.25, -0.2) is 13.6 Å². The first-order valence-corrected chi connectivity index (χ1v) is 9.77. The Morgan fingerprint density at radius 1 is 1.30 bits per heavy atom. The molecule has 1 unspecified atom stereocenters. The lowest BCUT2D eigenvalue weighted by molar-refractivity contribution is 0.582. The third-order valence-electron chi connectivity index (χ3n) is 2.66. The van der Waals surface area contributed by atoms with Gasteiger partial charge >= 0.3 is 0 Å². The zero-order valence-corrected chi connectivity index (χ0v) is 13.8. The second-order valence-corrected chi connectivity index (χ2v) is 8.72. The highest BCUT2D eigenvalue weighted by Gasteiger charge is 2.16. The summed E-state index contributed by atoms with van der Waals surface area (Å²) >= 11 is 9.17. The third-order valence-corrected chi connectivity index (χ3v) is 5.75. The Labute approximate surface area is 131 Å². The van der Waals surface area contributed by atoms with Crippen LogP contribution in [0.15, 0.2) is 29.6 Å². The molecule has 20 heavy (non-hydrogen) atoms. The zero-order chi connectivity index (χ0) is 14.6. The maximum absolute atomic E-state index is 10.9. The molecule has 2 aromatic rings. The molecule has 8 heteroatoms. The highest BCUT2D eigenvalue weighted by atomic mass is 35.5. The minimum Gasteiger partial charge on any atom is -0.305 e. The lowest BCUT2D eigenvalue weighted by Crippen LogP contribution is -2.25. The van der Waals surface area contributed by atoms with Crippen molar-refractivity contribution >= 4 is 44.3 Å². The lowest BCUT2D eigenvalue weighted by Gasteiger charge is -2.15. The molecule has 2 heterocycles. The van der Waals surface area contributed by atoms with Crippen molar-refractivity contribution in [2.75, 3.05) is 12.3 Å². The van der Waals surface area contributed by atoms with E-state index < -0.39 is 10.0 Å². The number of hydrogen-bond acceptors (Lipinski definition) is 5. The van der Waals surface area contributed by atoms with Crippen LogP contribution in [0.1, 0.15) is 22.2 Å². The van der Waals surface area contributed by atoms with E-state index in [1.54, 1.807) is 11.3 Å². The predicted molar refractivity (Wildman–Crippen MR) is 86.1 cm³/mol. The maximum atomic E-state index is 10.9. The van der Waals surface area contributed by atoms with E-state index in [-0.39, 0.29) is 11.8 Å². The van der Waals surface area contributed by atoms with Gasteiger partial charge in [-0.15, -0.1) is 22.7 Å². The van der Waals surface area contributed by atoms with Crippen LogP contribution in [0.3, 0.4) is 0 Å². The average Bonchev–Trinajstić information content (AvgIpc) is 2.99. The van der Waals surface area contributed by atoms with E-state index in [4.69, 9.17) is 16.7 Å². The van der Waals surface area contributed by atoms with Gasteiger partial charge in [-0.1, -0.05) is 17.7 Å². The van der Waals surface area contributed by atoms with Crippen LogP contribution in [0.2, 0.25) is 4.34 Å². The van der Waals surface area contributed by atoms with Crippen molar-refractivity contribution in [3.8, 4) is 0 Å². The summed E-state index contributed by atoms with van der Waals surface area (Å²) in [5.41, 5.74) is 0. The summed E-state index contributed by atoms with van der Waals surface area (Å²) in [6, 6.07) is 7.95. The van der Waals surface area contributed by atoms with E-state index in [9.17, 15) is 8.42 Å². The quantitative estimate of drug-likeness (QED) is 0.754. The van der Waals surface area contributed by atoms with E-state index in [2.05, 4.69) is 11.4 Å². The van der Waals surface area contributed by atoms with Crippen LogP contribution in [0.4, 0.5) is 0 Å². The van der Waals surface area contributed by atoms with E-state index >= 15 is 0 Å². The second-order valence-electron chi connectivity index (χ2n) is 4.26. The monoisotopic (exact) mass is 350 g/mol. The van der Waals surface area contributed by atoms with Crippen LogP contribution in [-0.2, 0) is 10.0 Å². The summed E-state index contributed by atoms with van der Waals surface area (Å²) < 4.78 is 22.6. The van der Waals surface area contributed by atoms with Gasteiger partial charge in [-0.05, 0) is 36.5 Å². The van der Waals surface area contributed by atoms with Gasteiger partial charge in [0.1, 0.15) is 0 Å². The zero-order valence-electron chi connectivity index (χ0n) is 10.6. The lowest BCUT2D eigenvalue weighted by atomic mass is 10.2. The second kappa shape index (κ2) is 7.02. The molecule has 0 spiro atoms. The van der Waals surface area contributed by atoms with Gasteiger partial charge < -0.3 is 5.32 Å². The Morgan fingerprint density at radius 2 is 2.10 bits per heavy atom. The van der Waals surface area contributed by atoms with Gasteiger partial charge in [0, 0.05) is 9.75 Å². The van der Waals surface area contributed by atoms with Crippen LogP contribution in [0, 0.1) is 0 Å². The smallest absolute Gasteiger partial charge is 0.209 e. The number of sulfonamides is 1. The number of thiophene rings is 2. The first-order chi connectivity index (χ1) is 9.46. The number of nitrogens with one attached hydrogen (secondary N) is 1.